The topological polar surface area (TPSA) is 55.9 Å². The molecule has 1 aliphatic carbocycles. The number of hydrogen-bond donors (Lipinski definition) is 1. The van der Waals surface area contributed by atoms with Crippen LogP contribution in [0.1, 0.15) is 25.7 Å². The summed E-state index contributed by atoms with van der Waals surface area (Å²) in [4.78, 5) is 31.3. The number of halogens is 2. The number of piperazine rings is 1. The molecule has 1 atom stereocenters. The van der Waals surface area contributed by atoms with Crippen molar-refractivity contribution < 1.29 is 9.59 Å². The molecule has 3 amide bonds. The van der Waals surface area contributed by atoms with E-state index < -0.39 is 0 Å². The molecule has 1 aromatic rings. The van der Waals surface area contributed by atoms with Crippen molar-refractivity contribution in [1.82, 2.24) is 15.1 Å². The van der Waals surface area contributed by atoms with Crippen LogP contribution in [0, 0.1) is 5.92 Å². The predicted molar refractivity (Wildman–Crippen MR) is 111 cm³/mol. The van der Waals surface area contributed by atoms with E-state index in [0.717, 1.165) is 51.0 Å². The summed E-state index contributed by atoms with van der Waals surface area (Å²) in [5.41, 5.74) is 0.918. The molecule has 0 aromatic heterocycles. The van der Waals surface area contributed by atoms with Gasteiger partial charge in [-0.1, -0.05) is 29.3 Å². The molecule has 1 N–H and O–H groups in total. The summed E-state index contributed by atoms with van der Waals surface area (Å²) >= 11 is 12.5. The van der Waals surface area contributed by atoms with Gasteiger partial charge in [-0.3, -0.25) is 4.79 Å². The van der Waals surface area contributed by atoms with E-state index in [1.54, 1.807) is 6.07 Å². The number of amides is 3. The molecule has 1 saturated carbocycles. The lowest BCUT2D eigenvalue weighted by molar-refractivity contribution is -0.137. The zero-order valence-electron chi connectivity index (χ0n) is 15.9. The molecule has 3 fully saturated rings. The van der Waals surface area contributed by atoms with Crippen molar-refractivity contribution in [2.24, 2.45) is 5.92 Å². The number of carbonyl (C=O) groups is 2. The maximum Gasteiger partial charge on any atom is 0.317 e. The van der Waals surface area contributed by atoms with E-state index in [2.05, 4.69) is 10.2 Å². The van der Waals surface area contributed by atoms with Crippen LogP contribution in [0.4, 0.5) is 10.5 Å². The number of anilines is 1. The van der Waals surface area contributed by atoms with Crippen LogP contribution < -0.4 is 10.2 Å². The quantitative estimate of drug-likeness (QED) is 0.809. The van der Waals surface area contributed by atoms with Crippen LogP contribution in [0.3, 0.4) is 0 Å². The molecule has 2 aliphatic heterocycles. The van der Waals surface area contributed by atoms with Crippen molar-refractivity contribution >= 4 is 40.8 Å². The first-order valence-electron chi connectivity index (χ1n) is 10.1. The number of rotatable bonds is 3. The fourth-order valence-electron chi connectivity index (χ4n) is 4.02. The third kappa shape index (κ3) is 4.33. The summed E-state index contributed by atoms with van der Waals surface area (Å²) in [5, 5.41) is 4.14. The first-order valence-corrected chi connectivity index (χ1v) is 10.8. The Balaban J connectivity index is 1.32. The molecular weight excluding hydrogens is 399 g/mol. The van der Waals surface area contributed by atoms with Gasteiger partial charge in [-0.2, -0.15) is 0 Å². The van der Waals surface area contributed by atoms with Crippen LogP contribution in [-0.2, 0) is 4.79 Å². The van der Waals surface area contributed by atoms with Crippen molar-refractivity contribution in [3.63, 3.8) is 0 Å². The molecule has 0 radical (unpaired) electrons. The second-order valence-corrected chi connectivity index (χ2v) is 8.68. The first kappa shape index (κ1) is 19.6. The number of piperidine rings is 1. The first-order chi connectivity index (χ1) is 13.5. The molecule has 0 spiro atoms. The molecule has 0 bridgehead atoms. The van der Waals surface area contributed by atoms with Gasteiger partial charge in [0.05, 0.1) is 21.7 Å². The Morgan fingerprint density at radius 1 is 0.964 bits per heavy atom. The van der Waals surface area contributed by atoms with Crippen LogP contribution in [0.5, 0.6) is 0 Å². The van der Waals surface area contributed by atoms with Gasteiger partial charge in [0.25, 0.3) is 0 Å². The van der Waals surface area contributed by atoms with Crippen LogP contribution in [0.25, 0.3) is 0 Å². The second kappa shape index (κ2) is 8.37. The van der Waals surface area contributed by atoms with E-state index in [1.165, 1.54) is 0 Å². The minimum absolute atomic E-state index is 0.0135. The molecule has 152 valence electrons. The largest absolute Gasteiger partial charge is 0.367 e. The molecule has 2 saturated heterocycles. The van der Waals surface area contributed by atoms with E-state index in [0.29, 0.717) is 35.7 Å². The van der Waals surface area contributed by atoms with Crippen molar-refractivity contribution in [1.29, 1.82) is 0 Å². The van der Waals surface area contributed by atoms with Crippen molar-refractivity contribution in [3.8, 4) is 0 Å². The maximum absolute atomic E-state index is 13.0. The minimum atomic E-state index is -0.0972. The molecule has 1 unspecified atom stereocenters. The van der Waals surface area contributed by atoms with Gasteiger partial charge in [0.1, 0.15) is 0 Å². The van der Waals surface area contributed by atoms with Crippen LogP contribution in [-0.4, -0.2) is 67.0 Å². The monoisotopic (exact) mass is 424 g/mol. The van der Waals surface area contributed by atoms with Gasteiger partial charge < -0.3 is 20.0 Å². The summed E-state index contributed by atoms with van der Waals surface area (Å²) in [6.45, 7) is 4.04. The molecule has 4 rings (SSSR count). The minimum Gasteiger partial charge on any atom is -0.367 e. The molecule has 28 heavy (non-hydrogen) atoms. The fraction of sp³-hybridized carbons (Fsp3) is 0.600. The number of benzene rings is 1. The van der Waals surface area contributed by atoms with Gasteiger partial charge in [-0.25, -0.2) is 4.79 Å². The number of urea groups is 1. The maximum atomic E-state index is 13.0. The second-order valence-electron chi connectivity index (χ2n) is 7.89. The van der Waals surface area contributed by atoms with Gasteiger partial charge in [-0.15, -0.1) is 0 Å². The highest BCUT2D eigenvalue weighted by atomic mass is 35.5. The molecule has 6 nitrogen and oxygen atoms in total. The zero-order valence-corrected chi connectivity index (χ0v) is 17.4. The lowest BCUT2D eigenvalue weighted by atomic mass is 9.96. The summed E-state index contributed by atoms with van der Waals surface area (Å²) in [6.07, 6.45) is 3.88. The Labute approximate surface area is 175 Å². The number of nitrogens with one attached hydrogen (secondary N) is 1. The summed E-state index contributed by atoms with van der Waals surface area (Å²) < 4.78 is 0. The third-order valence-electron chi connectivity index (χ3n) is 5.83. The number of nitrogens with zero attached hydrogens (tertiary/aromatic N) is 3. The third-order valence-corrected chi connectivity index (χ3v) is 6.63. The lowest BCUT2D eigenvalue weighted by Gasteiger charge is -2.40. The Morgan fingerprint density at radius 3 is 2.43 bits per heavy atom. The summed E-state index contributed by atoms with van der Waals surface area (Å²) in [7, 11) is 0. The molecule has 1 aromatic carbocycles. The predicted octanol–water partition coefficient (Wildman–Crippen LogP) is 3.23. The van der Waals surface area contributed by atoms with Gasteiger partial charge >= 0.3 is 6.03 Å². The lowest BCUT2D eigenvalue weighted by Crippen LogP contribution is -2.54. The Kier molecular flexibility index (Phi) is 5.88. The van der Waals surface area contributed by atoms with Crippen molar-refractivity contribution in [3.05, 3.63) is 28.2 Å². The van der Waals surface area contributed by atoms with Gasteiger partial charge in [0.2, 0.25) is 5.91 Å². The van der Waals surface area contributed by atoms with Crippen molar-refractivity contribution in [2.75, 3.05) is 44.2 Å². The average molecular weight is 425 g/mol. The fourth-order valence-corrected chi connectivity index (χ4v) is 4.43. The molecule has 2 heterocycles. The summed E-state index contributed by atoms with van der Waals surface area (Å²) in [6, 6.07) is 5.96. The number of carbonyl (C=O) groups excluding carboxylic acids is 2. The van der Waals surface area contributed by atoms with Crippen molar-refractivity contribution in [2.45, 2.75) is 31.7 Å². The van der Waals surface area contributed by atoms with Gasteiger partial charge in [-0.05, 0) is 37.8 Å². The standard InChI is InChI=1S/C20H26Cl2N4O2/c21-16-4-1-5-17(18(16)22)24-9-11-25(12-10-24)19(27)14-3-2-8-26(13-14)20(28)23-15-6-7-15/h1,4-5,14-15H,2-3,6-13H2,(H,23,28). The highest BCUT2D eigenvalue weighted by Gasteiger charge is 2.34. The van der Waals surface area contributed by atoms with Gasteiger partial charge in [0, 0.05) is 45.3 Å². The highest BCUT2D eigenvalue weighted by Crippen LogP contribution is 2.33. The Bertz CT molecular complexity index is 748. The SMILES string of the molecule is O=C(NC1CC1)N1CCCC(C(=O)N2CCN(c3cccc(Cl)c3Cl)CC2)C1. The Hall–Kier alpha value is -1.66. The van der Waals surface area contributed by atoms with E-state index in [-0.39, 0.29) is 17.9 Å². The smallest absolute Gasteiger partial charge is 0.317 e. The van der Waals surface area contributed by atoms with E-state index >= 15 is 0 Å². The highest BCUT2D eigenvalue weighted by molar-refractivity contribution is 6.43. The summed E-state index contributed by atoms with van der Waals surface area (Å²) in [5.74, 6) is 0.0702. The average Bonchev–Trinajstić information content (AvgIpc) is 3.54. The normalized spacial score (nSPS) is 22.9. The molecule has 8 heteroatoms. The zero-order chi connectivity index (χ0) is 19.7. The van der Waals surface area contributed by atoms with E-state index in [4.69, 9.17) is 23.2 Å². The number of hydrogen-bond acceptors (Lipinski definition) is 3. The van der Waals surface area contributed by atoms with Crippen LogP contribution >= 0.6 is 23.2 Å². The van der Waals surface area contributed by atoms with Crippen LogP contribution in [0.2, 0.25) is 10.0 Å². The van der Waals surface area contributed by atoms with Gasteiger partial charge in [0.15, 0.2) is 0 Å². The molecular formula is C20H26Cl2N4O2. The van der Waals surface area contributed by atoms with E-state index in [9.17, 15) is 9.59 Å². The van der Waals surface area contributed by atoms with Crippen LogP contribution in [0.15, 0.2) is 18.2 Å². The Morgan fingerprint density at radius 2 is 1.71 bits per heavy atom. The number of likely N-dealkylation sites (tertiary alicyclic amines) is 1. The van der Waals surface area contributed by atoms with E-state index in [1.807, 2.05) is 21.9 Å². The molecule has 3 aliphatic rings.